The van der Waals surface area contributed by atoms with Crippen LogP contribution >= 0.6 is 11.6 Å². The fourth-order valence-corrected chi connectivity index (χ4v) is 4.93. The summed E-state index contributed by atoms with van der Waals surface area (Å²) in [6, 6.07) is 10.7. The zero-order valence-electron chi connectivity index (χ0n) is 17.6. The van der Waals surface area contributed by atoms with E-state index in [4.69, 9.17) is 11.6 Å². The average molecular weight is 481 g/mol. The van der Waals surface area contributed by atoms with Gasteiger partial charge in [-0.2, -0.15) is 0 Å². The van der Waals surface area contributed by atoms with E-state index in [1.807, 2.05) is 11.8 Å². The third kappa shape index (κ3) is 6.49. The summed E-state index contributed by atoms with van der Waals surface area (Å²) in [6.45, 7) is 3.46. The van der Waals surface area contributed by atoms with Crippen molar-refractivity contribution in [3.8, 4) is 0 Å². The second-order valence-electron chi connectivity index (χ2n) is 7.88. The van der Waals surface area contributed by atoms with Crippen LogP contribution in [0.3, 0.4) is 0 Å². The van der Waals surface area contributed by atoms with E-state index in [9.17, 15) is 23.3 Å². The molecule has 1 fully saturated rings. The Morgan fingerprint density at radius 1 is 1.25 bits per heavy atom. The number of halogens is 1. The van der Waals surface area contributed by atoms with Crippen LogP contribution in [-0.4, -0.2) is 50.3 Å². The Morgan fingerprint density at radius 2 is 1.97 bits per heavy atom. The standard InChI is InChI=1S/C21H25ClN4O5S/c1-15-4-7-18(8-5-15)32(30,31)23-12-16-3-2-10-25(13-16)14-21(27)24-19-9-6-17(22)11-20(19)26(28)29/h4-9,11,16,23H,2-3,10,12-14H2,1H3,(H,24,27). The summed E-state index contributed by atoms with van der Waals surface area (Å²) in [7, 11) is -3.60. The van der Waals surface area contributed by atoms with E-state index in [-0.39, 0.29) is 46.2 Å². The van der Waals surface area contributed by atoms with Crippen LogP contribution in [0.15, 0.2) is 47.4 Å². The highest BCUT2D eigenvalue weighted by Crippen LogP contribution is 2.27. The first-order chi connectivity index (χ1) is 15.1. The maximum atomic E-state index is 12.5. The zero-order chi connectivity index (χ0) is 23.3. The number of piperidine rings is 1. The molecule has 0 radical (unpaired) electrons. The molecule has 172 valence electrons. The lowest BCUT2D eigenvalue weighted by Crippen LogP contribution is -2.43. The van der Waals surface area contributed by atoms with E-state index in [0.29, 0.717) is 13.1 Å². The fourth-order valence-electron chi connectivity index (χ4n) is 3.64. The van der Waals surface area contributed by atoms with Crippen molar-refractivity contribution in [2.75, 3.05) is 31.5 Å². The van der Waals surface area contributed by atoms with Gasteiger partial charge in [0.2, 0.25) is 15.9 Å². The summed E-state index contributed by atoms with van der Waals surface area (Å²) >= 11 is 5.80. The Morgan fingerprint density at radius 3 is 2.66 bits per heavy atom. The minimum atomic E-state index is -3.60. The molecule has 0 bridgehead atoms. The SMILES string of the molecule is Cc1ccc(S(=O)(=O)NCC2CCCN(CC(=O)Nc3ccc(Cl)cc3[N+](=O)[O-])C2)cc1. The van der Waals surface area contributed by atoms with Gasteiger partial charge in [-0.15, -0.1) is 0 Å². The summed E-state index contributed by atoms with van der Waals surface area (Å²) in [5, 5.41) is 14.0. The van der Waals surface area contributed by atoms with Crippen LogP contribution in [0.2, 0.25) is 5.02 Å². The van der Waals surface area contributed by atoms with Gasteiger partial charge in [0.05, 0.1) is 16.4 Å². The van der Waals surface area contributed by atoms with Gasteiger partial charge in [-0.25, -0.2) is 13.1 Å². The maximum absolute atomic E-state index is 12.5. The Labute approximate surface area is 192 Å². The molecule has 1 saturated heterocycles. The molecule has 1 heterocycles. The van der Waals surface area contributed by atoms with Crippen LogP contribution in [0.4, 0.5) is 11.4 Å². The van der Waals surface area contributed by atoms with Crippen LogP contribution < -0.4 is 10.0 Å². The first-order valence-corrected chi connectivity index (χ1v) is 12.0. The number of carbonyl (C=O) groups excluding carboxylic acids is 1. The lowest BCUT2D eigenvalue weighted by molar-refractivity contribution is -0.383. The Bertz CT molecular complexity index is 1090. The van der Waals surface area contributed by atoms with Crippen LogP contribution in [0.25, 0.3) is 0 Å². The summed E-state index contributed by atoms with van der Waals surface area (Å²) in [5.74, 6) is -0.321. The summed E-state index contributed by atoms with van der Waals surface area (Å²) in [5.41, 5.74) is 0.797. The van der Waals surface area contributed by atoms with E-state index in [2.05, 4.69) is 10.0 Å². The second kappa shape index (κ2) is 10.4. The van der Waals surface area contributed by atoms with Crippen LogP contribution in [0.5, 0.6) is 0 Å². The van der Waals surface area contributed by atoms with Crippen molar-refractivity contribution in [2.45, 2.75) is 24.7 Å². The number of amides is 1. The molecular weight excluding hydrogens is 456 g/mol. The molecule has 2 aromatic rings. The van der Waals surface area contributed by atoms with Gasteiger partial charge in [-0.05, 0) is 56.5 Å². The van der Waals surface area contributed by atoms with E-state index in [1.165, 1.54) is 18.2 Å². The monoisotopic (exact) mass is 480 g/mol. The molecule has 0 spiro atoms. The number of anilines is 1. The van der Waals surface area contributed by atoms with Crippen molar-refractivity contribution in [3.63, 3.8) is 0 Å². The van der Waals surface area contributed by atoms with Gasteiger partial charge >= 0.3 is 0 Å². The van der Waals surface area contributed by atoms with Gasteiger partial charge in [-0.1, -0.05) is 29.3 Å². The Balaban J connectivity index is 1.54. The van der Waals surface area contributed by atoms with Crippen molar-refractivity contribution >= 4 is 38.9 Å². The van der Waals surface area contributed by atoms with Crippen molar-refractivity contribution in [1.82, 2.24) is 9.62 Å². The molecule has 0 aliphatic carbocycles. The molecule has 2 N–H and O–H groups in total. The van der Waals surface area contributed by atoms with E-state index < -0.39 is 14.9 Å². The summed E-state index contributed by atoms with van der Waals surface area (Å²) < 4.78 is 27.7. The highest BCUT2D eigenvalue weighted by molar-refractivity contribution is 7.89. The minimum Gasteiger partial charge on any atom is -0.319 e. The molecule has 1 aliphatic rings. The number of sulfonamides is 1. The van der Waals surface area contributed by atoms with E-state index in [0.717, 1.165) is 18.4 Å². The molecule has 3 rings (SSSR count). The lowest BCUT2D eigenvalue weighted by Gasteiger charge is -2.32. The number of rotatable bonds is 8. The number of nitrogens with zero attached hydrogens (tertiary/aromatic N) is 2. The van der Waals surface area contributed by atoms with E-state index >= 15 is 0 Å². The van der Waals surface area contributed by atoms with Gasteiger partial charge in [0.25, 0.3) is 5.69 Å². The van der Waals surface area contributed by atoms with Crippen molar-refractivity contribution in [2.24, 2.45) is 5.92 Å². The third-order valence-electron chi connectivity index (χ3n) is 5.29. The molecule has 0 saturated carbocycles. The Hall–Kier alpha value is -2.53. The number of nitro groups is 1. The largest absolute Gasteiger partial charge is 0.319 e. The second-order valence-corrected chi connectivity index (χ2v) is 10.1. The van der Waals surface area contributed by atoms with Gasteiger partial charge in [0.1, 0.15) is 5.69 Å². The molecule has 2 aromatic carbocycles. The summed E-state index contributed by atoms with van der Waals surface area (Å²) in [6.07, 6.45) is 1.67. The molecule has 1 atom stereocenters. The van der Waals surface area contributed by atoms with E-state index in [1.54, 1.807) is 24.3 Å². The molecule has 11 heteroatoms. The molecular formula is C21H25ClN4O5S. The highest BCUT2D eigenvalue weighted by Gasteiger charge is 2.25. The number of hydrogen-bond acceptors (Lipinski definition) is 6. The predicted molar refractivity (Wildman–Crippen MR) is 122 cm³/mol. The van der Waals surface area contributed by atoms with Crippen molar-refractivity contribution in [1.29, 1.82) is 0 Å². The van der Waals surface area contributed by atoms with Crippen molar-refractivity contribution < 1.29 is 18.1 Å². The minimum absolute atomic E-state index is 0.0565. The van der Waals surface area contributed by atoms with Gasteiger partial charge in [0, 0.05) is 24.2 Å². The lowest BCUT2D eigenvalue weighted by atomic mass is 9.98. The first-order valence-electron chi connectivity index (χ1n) is 10.2. The number of nitrogens with one attached hydrogen (secondary N) is 2. The van der Waals surface area contributed by atoms with Crippen molar-refractivity contribution in [3.05, 3.63) is 63.2 Å². The molecule has 9 nitrogen and oxygen atoms in total. The molecule has 1 unspecified atom stereocenters. The molecule has 1 aliphatic heterocycles. The number of benzene rings is 2. The number of hydrogen-bond donors (Lipinski definition) is 2. The summed E-state index contributed by atoms with van der Waals surface area (Å²) in [4.78, 5) is 25.2. The number of likely N-dealkylation sites (tertiary alicyclic amines) is 1. The smallest absolute Gasteiger partial charge is 0.294 e. The normalized spacial score (nSPS) is 17.1. The predicted octanol–water partition coefficient (Wildman–Crippen LogP) is 3.19. The van der Waals surface area contributed by atoms with Gasteiger partial charge < -0.3 is 5.32 Å². The van der Waals surface area contributed by atoms with Gasteiger partial charge in [-0.3, -0.25) is 19.8 Å². The average Bonchev–Trinajstić information content (AvgIpc) is 2.74. The van der Waals surface area contributed by atoms with Crippen LogP contribution in [0, 0.1) is 23.0 Å². The van der Waals surface area contributed by atoms with Gasteiger partial charge in [0.15, 0.2) is 0 Å². The Kier molecular flexibility index (Phi) is 7.83. The zero-order valence-corrected chi connectivity index (χ0v) is 19.2. The maximum Gasteiger partial charge on any atom is 0.294 e. The topological polar surface area (TPSA) is 122 Å². The number of carbonyl (C=O) groups is 1. The molecule has 1 amide bonds. The molecule has 0 aromatic heterocycles. The first kappa shape index (κ1) is 24.1. The molecule has 32 heavy (non-hydrogen) atoms. The number of nitro benzene ring substituents is 1. The quantitative estimate of drug-likeness (QED) is 0.442. The van der Waals surface area contributed by atoms with Crippen LogP contribution in [0.1, 0.15) is 18.4 Å². The highest BCUT2D eigenvalue weighted by atomic mass is 35.5. The van der Waals surface area contributed by atoms with Crippen LogP contribution in [-0.2, 0) is 14.8 Å². The third-order valence-corrected chi connectivity index (χ3v) is 6.97. The number of aryl methyl sites for hydroxylation is 1. The fraction of sp³-hybridized carbons (Fsp3) is 0.381.